The molecule has 1 aromatic carbocycles. The molecule has 0 radical (unpaired) electrons. The van der Waals surface area contributed by atoms with Crippen LogP contribution in [0.3, 0.4) is 0 Å². The van der Waals surface area contributed by atoms with Gasteiger partial charge in [-0.25, -0.2) is 4.98 Å². The van der Waals surface area contributed by atoms with Crippen LogP contribution < -0.4 is 0 Å². The third-order valence-electron chi connectivity index (χ3n) is 6.23. The molecule has 0 amide bonds. The number of para-hydroxylation sites is 2. The number of H-pyrrole nitrogens is 1. The summed E-state index contributed by atoms with van der Waals surface area (Å²) in [5.41, 5.74) is 1.68. The Labute approximate surface area is 166 Å². The maximum Gasteiger partial charge on any atom is 0.312 e. The van der Waals surface area contributed by atoms with Crippen molar-refractivity contribution in [2.75, 3.05) is 26.3 Å². The lowest BCUT2D eigenvalue weighted by Crippen LogP contribution is -2.47. The highest BCUT2D eigenvalue weighted by Gasteiger charge is 2.44. The van der Waals surface area contributed by atoms with Crippen molar-refractivity contribution in [2.24, 2.45) is 5.41 Å². The van der Waals surface area contributed by atoms with Gasteiger partial charge in [-0.15, -0.1) is 0 Å². The zero-order valence-electron chi connectivity index (χ0n) is 16.8. The van der Waals surface area contributed by atoms with Crippen LogP contribution in [-0.4, -0.2) is 53.2 Å². The molecule has 0 spiro atoms. The molecule has 0 aliphatic carbocycles. The van der Waals surface area contributed by atoms with Crippen LogP contribution in [0.15, 0.2) is 24.3 Å². The highest BCUT2D eigenvalue weighted by Crippen LogP contribution is 2.40. The number of aromatic nitrogens is 2. The number of imidazole rings is 1. The molecule has 1 aromatic heterocycles. The monoisotopic (exact) mass is 385 g/mol. The van der Waals surface area contributed by atoms with Gasteiger partial charge in [-0.1, -0.05) is 12.1 Å². The zero-order chi connectivity index (χ0) is 19.4. The van der Waals surface area contributed by atoms with Crippen LogP contribution in [0.25, 0.3) is 11.0 Å². The summed E-state index contributed by atoms with van der Waals surface area (Å²) in [6.07, 6.45) is 6.03. The van der Waals surface area contributed by atoms with Crippen molar-refractivity contribution in [1.82, 2.24) is 14.9 Å². The molecule has 6 nitrogen and oxygen atoms in total. The van der Waals surface area contributed by atoms with Crippen LogP contribution in [0.1, 0.15) is 51.3 Å². The van der Waals surface area contributed by atoms with Crippen molar-refractivity contribution in [3.63, 3.8) is 0 Å². The molecule has 2 saturated heterocycles. The lowest BCUT2D eigenvalue weighted by molar-refractivity contribution is -0.162. The van der Waals surface area contributed by atoms with Crippen LogP contribution >= 0.6 is 0 Å². The van der Waals surface area contributed by atoms with E-state index in [1.807, 2.05) is 25.1 Å². The summed E-state index contributed by atoms with van der Waals surface area (Å²) >= 11 is 0. The lowest BCUT2D eigenvalue weighted by Gasteiger charge is -2.41. The van der Waals surface area contributed by atoms with E-state index in [9.17, 15) is 4.79 Å². The number of fused-ring (bicyclic) bond motifs is 1. The van der Waals surface area contributed by atoms with E-state index in [0.717, 1.165) is 75.2 Å². The zero-order valence-corrected chi connectivity index (χ0v) is 16.8. The van der Waals surface area contributed by atoms with Gasteiger partial charge in [-0.3, -0.25) is 9.69 Å². The third kappa shape index (κ3) is 4.23. The Bertz CT molecular complexity index is 756. The molecule has 1 N–H and O–H groups in total. The molecule has 0 bridgehead atoms. The number of nitrogens with one attached hydrogen (secondary N) is 1. The molecular weight excluding hydrogens is 354 g/mol. The number of benzene rings is 1. The number of carbonyl (C=O) groups is 1. The van der Waals surface area contributed by atoms with Crippen molar-refractivity contribution in [1.29, 1.82) is 0 Å². The summed E-state index contributed by atoms with van der Waals surface area (Å²) in [5.74, 6) is 0.952. The van der Waals surface area contributed by atoms with Crippen LogP contribution in [0.4, 0.5) is 0 Å². The number of aromatic amines is 1. The Morgan fingerprint density at radius 1 is 1.32 bits per heavy atom. The smallest absolute Gasteiger partial charge is 0.312 e. The predicted molar refractivity (Wildman–Crippen MR) is 108 cm³/mol. The van der Waals surface area contributed by atoms with Crippen LogP contribution in [0.5, 0.6) is 0 Å². The number of likely N-dealkylation sites (tertiary alicyclic amines) is 1. The number of ether oxygens (including phenoxy) is 2. The molecule has 4 rings (SSSR count). The summed E-state index contributed by atoms with van der Waals surface area (Å²) in [6, 6.07) is 8.11. The Kier molecular flexibility index (Phi) is 5.97. The number of piperidine rings is 1. The maximum atomic E-state index is 12.9. The van der Waals surface area contributed by atoms with Crippen molar-refractivity contribution < 1.29 is 14.3 Å². The largest absolute Gasteiger partial charge is 0.466 e. The Morgan fingerprint density at radius 3 is 2.86 bits per heavy atom. The Morgan fingerprint density at radius 2 is 2.14 bits per heavy atom. The normalized spacial score (nSPS) is 23.0. The molecule has 0 unspecified atom stereocenters. The standard InChI is InChI=1S/C22H31N3O3/c1-2-27-21(26)22(15-17-7-5-6-14-28-17)10-12-25(13-11-22)16-20-23-18-8-3-4-9-19(18)24-20/h3-4,8-9,17H,2,5-7,10-16H2,1H3,(H,23,24)/t17-/m1/s1. The van der Waals surface area contributed by atoms with Gasteiger partial charge in [0.15, 0.2) is 0 Å². The fourth-order valence-electron chi connectivity index (χ4n) is 4.61. The molecule has 3 heterocycles. The quantitative estimate of drug-likeness (QED) is 0.769. The summed E-state index contributed by atoms with van der Waals surface area (Å²) in [4.78, 5) is 23.3. The highest BCUT2D eigenvalue weighted by molar-refractivity contribution is 5.77. The molecule has 6 heteroatoms. The first-order valence-electron chi connectivity index (χ1n) is 10.6. The van der Waals surface area contributed by atoms with Gasteiger partial charge >= 0.3 is 5.97 Å². The van der Waals surface area contributed by atoms with Crippen LogP contribution in [0, 0.1) is 5.41 Å². The molecule has 2 aliphatic heterocycles. The Balaban J connectivity index is 1.41. The van der Waals surface area contributed by atoms with Crippen molar-refractivity contribution in [3.8, 4) is 0 Å². The van der Waals surface area contributed by atoms with E-state index in [1.54, 1.807) is 0 Å². The second-order valence-corrected chi connectivity index (χ2v) is 8.17. The first-order valence-corrected chi connectivity index (χ1v) is 10.6. The minimum absolute atomic E-state index is 0.0347. The first-order chi connectivity index (χ1) is 13.7. The van der Waals surface area contributed by atoms with Gasteiger partial charge in [0.05, 0.1) is 35.7 Å². The molecule has 1 atom stereocenters. The summed E-state index contributed by atoms with van der Waals surface area (Å²) in [6.45, 7) is 5.69. The maximum absolute atomic E-state index is 12.9. The van der Waals surface area contributed by atoms with E-state index in [-0.39, 0.29) is 12.1 Å². The molecular formula is C22H31N3O3. The van der Waals surface area contributed by atoms with Gasteiger partial charge in [0, 0.05) is 6.61 Å². The minimum atomic E-state index is -0.400. The van der Waals surface area contributed by atoms with Gasteiger partial charge in [-0.05, 0) is 70.7 Å². The van der Waals surface area contributed by atoms with Gasteiger partial charge < -0.3 is 14.5 Å². The number of hydrogen-bond donors (Lipinski definition) is 1. The van der Waals surface area contributed by atoms with E-state index in [1.165, 1.54) is 6.42 Å². The Hall–Kier alpha value is -1.92. The SMILES string of the molecule is CCOC(=O)C1(C[C@H]2CCCCO2)CCN(Cc2nc3ccccc3[nH]2)CC1. The lowest BCUT2D eigenvalue weighted by atomic mass is 9.73. The molecule has 152 valence electrons. The fourth-order valence-corrected chi connectivity index (χ4v) is 4.61. The number of carbonyl (C=O) groups excluding carboxylic acids is 1. The molecule has 2 aromatic rings. The topological polar surface area (TPSA) is 67.5 Å². The van der Waals surface area contributed by atoms with Crippen molar-refractivity contribution in [3.05, 3.63) is 30.1 Å². The first kappa shape index (κ1) is 19.4. The average Bonchev–Trinajstić information content (AvgIpc) is 3.13. The molecule has 0 saturated carbocycles. The van der Waals surface area contributed by atoms with E-state index in [2.05, 4.69) is 16.0 Å². The number of rotatable bonds is 6. The van der Waals surface area contributed by atoms with E-state index < -0.39 is 5.41 Å². The van der Waals surface area contributed by atoms with Gasteiger partial charge in [-0.2, -0.15) is 0 Å². The number of esters is 1. The second kappa shape index (κ2) is 8.62. The third-order valence-corrected chi connectivity index (χ3v) is 6.23. The predicted octanol–water partition coefficient (Wildman–Crippen LogP) is 3.67. The summed E-state index contributed by atoms with van der Waals surface area (Å²) in [5, 5.41) is 0. The van der Waals surface area contributed by atoms with Gasteiger partial charge in [0.2, 0.25) is 0 Å². The number of nitrogens with zero attached hydrogens (tertiary/aromatic N) is 2. The average molecular weight is 386 g/mol. The molecule has 2 aliphatic rings. The minimum Gasteiger partial charge on any atom is -0.466 e. The second-order valence-electron chi connectivity index (χ2n) is 8.17. The van der Waals surface area contributed by atoms with Crippen molar-refractivity contribution in [2.45, 2.75) is 58.1 Å². The summed E-state index contributed by atoms with van der Waals surface area (Å²) in [7, 11) is 0. The van der Waals surface area contributed by atoms with E-state index in [0.29, 0.717) is 6.61 Å². The molecule has 2 fully saturated rings. The van der Waals surface area contributed by atoms with Crippen LogP contribution in [-0.2, 0) is 20.8 Å². The molecule has 28 heavy (non-hydrogen) atoms. The van der Waals surface area contributed by atoms with E-state index in [4.69, 9.17) is 14.5 Å². The van der Waals surface area contributed by atoms with Crippen molar-refractivity contribution >= 4 is 17.0 Å². The van der Waals surface area contributed by atoms with E-state index >= 15 is 0 Å². The fraction of sp³-hybridized carbons (Fsp3) is 0.636. The number of hydrogen-bond acceptors (Lipinski definition) is 5. The summed E-state index contributed by atoms with van der Waals surface area (Å²) < 4.78 is 11.4. The van der Waals surface area contributed by atoms with Gasteiger partial charge in [0.1, 0.15) is 5.82 Å². The van der Waals surface area contributed by atoms with Crippen LogP contribution in [0.2, 0.25) is 0 Å². The van der Waals surface area contributed by atoms with Gasteiger partial charge in [0.25, 0.3) is 0 Å². The highest BCUT2D eigenvalue weighted by atomic mass is 16.5.